The minimum atomic E-state index is 0.0236. The average molecular weight is 265 g/mol. The summed E-state index contributed by atoms with van der Waals surface area (Å²) in [7, 11) is 0. The number of thioether (sulfide) groups is 1. The number of fused-ring (bicyclic) bond motifs is 1. The number of nitrogens with zero attached hydrogens (tertiary/aromatic N) is 1. The van der Waals surface area contributed by atoms with Crippen molar-refractivity contribution in [3.8, 4) is 0 Å². The molecule has 0 bridgehead atoms. The molecule has 19 heavy (non-hydrogen) atoms. The van der Waals surface area contributed by atoms with E-state index >= 15 is 0 Å². The molecule has 0 saturated heterocycles. The van der Waals surface area contributed by atoms with E-state index in [2.05, 4.69) is 4.98 Å². The molecule has 1 aromatic heterocycles. The van der Waals surface area contributed by atoms with Crippen LogP contribution in [-0.4, -0.2) is 10.1 Å². The van der Waals surface area contributed by atoms with Gasteiger partial charge in [-0.25, -0.2) is 4.98 Å². The highest BCUT2D eigenvalue weighted by atomic mass is 32.2. The molecule has 3 heteroatoms. The van der Waals surface area contributed by atoms with E-state index in [9.17, 15) is 4.79 Å². The lowest BCUT2D eigenvalue weighted by Crippen LogP contribution is -1.95. The van der Waals surface area contributed by atoms with Gasteiger partial charge in [0.15, 0.2) is 0 Å². The van der Waals surface area contributed by atoms with Crippen LogP contribution in [0.15, 0.2) is 71.9 Å². The lowest BCUT2D eigenvalue weighted by Gasteiger charge is -2.04. The molecule has 0 spiro atoms. The number of hydrogen-bond donors (Lipinski definition) is 0. The van der Waals surface area contributed by atoms with Crippen molar-refractivity contribution < 1.29 is 4.79 Å². The molecule has 0 unspecified atom stereocenters. The maximum Gasteiger partial charge on any atom is 0.226 e. The van der Waals surface area contributed by atoms with Crippen LogP contribution in [0.25, 0.3) is 10.8 Å². The standard InChI is InChI=1S/C16H11NOS/c18-16(19-15-10-3-4-11-17-15)14-9-5-7-12-6-1-2-8-13(12)14/h1-11H. The van der Waals surface area contributed by atoms with E-state index < -0.39 is 0 Å². The largest absolute Gasteiger partial charge is 0.281 e. The smallest absolute Gasteiger partial charge is 0.226 e. The summed E-state index contributed by atoms with van der Waals surface area (Å²) in [5.41, 5.74) is 0.730. The average Bonchev–Trinajstić information content (AvgIpc) is 2.47. The van der Waals surface area contributed by atoms with Crippen LogP contribution in [0.5, 0.6) is 0 Å². The molecule has 0 amide bonds. The third kappa shape index (κ3) is 2.51. The highest BCUT2D eigenvalue weighted by Crippen LogP contribution is 2.26. The summed E-state index contributed by atoms with van der Waals surface area (Å²) in [6.45, 7) is 0. The van der Waals surface area contributed by atoms with E-state index in [0.717, 1.165) is 33.1 Å². The van der Waals surface area contributed by atoms with Gasteiger partial charge in [-0.05, 0) is 40.7 Å². The van der Waals surface area contributed by atoms with Crippen molar-refractivity contribution in [1.82, 2.24) is 4.98 Å². The highest BCUT2D eigenvalue weighted by molar-refractivity contribution is 8.14. The number of aromatic nitrogens is 1. The molecule has 2 aromatic carbocycles. The first-order valence-electron chi connectivity index (χ1n) is 5.95. The molecular formula is C16H11NOS. The number of benzene rings is 2. The van der Waals surface area contributed by atoms with Crippen LogP contribution in [0.4, 0.5) is 0 Å². The third-order valence-corrected chi connectivity index (χ3v) is 3.70. The second-order valence-corrected chi connectivity index (χ2v) is 5.08. The number of rotatable bonds is 2. The summed E-state index contributed by atoms with van der Waals surface area (Å²) >= 11 is 1.16. The van der Waals surface area contributed by atoms with Gasteiger partial charge >= 0.3 is 0 Å². The summed E-state index contributed by atoms with van der Waals surface area (Å²) in [6, 6.07) is 19.3. The fraction of sp³-hybridized carbons (Fsp3) is 0. The fourth-order valence-electron chi connectivity index (χ4n) is 1.96. The monoisotopic (exact) mass is 265 g/mol. The van der Waals surface area contributed by atoms with Gasteiger partial charge in [0, 0.05) is 11.8 Å². The van der Waals surface area contributed by atoms with Crippen LogP contribution in [-0.2, 0) is 0 Å². The Morgan fingerprint density at radius 2 is 1.68 bits per heavy atom. The lowest BCUT2D eigenvalue weighted by molar-refractivity contribution is 0.109. The Kier molecular flexibility index (Phi) is 3.29. The van der Waals surface area contributed by atoms with Crippen LogP contribution < -0.4 is 0 Å². The Balaban J connectivity index is 1.98. The van der Waals surface area contributed by atoms with Gasteiger partial charge in [-0.3, -0.25) is 4.79 Å². The van der Waals surface area contributed by atoms with E-state index in [1.807, 2.05) is 60.7 Å². The molecule has 3 rings (SSSR count). The Morgan fingerprint density at radius 1 is 0.895 bits per heavy atom. The van der Waals surface area contributed by atoms with Crippen molar-refractivity contribution in [2.24, 2.45) is 0 Å². The Hall–Kier alpha value is -2.13. The molecule has 0 aliphatic carbocycles. The summed E-state index contributed by atoms with van der Waals surface area (Å²) in [4.78, 5) is 16.5. The normalized spacial score (nSPS) is 10.5. The fourth-order valence-corrected chi connectivity index (χ4v) is 2.70. The first-order valence-corrected chi connectivity index (χ1v) is 6.77. The van der Waals surface area contributed by atoms with Crippen molar-refractivity contribution >= 4 is 27.6 Å². The van der Waals surface area contributed by atoms with Gasteiger partial charge in [0.05, 0.1) is 0 Å². The van der Waals surface area contributed by atoms with Gasteiger partial charge < -0.3 is 0 Å². The minimum absolute atomic E-state index is 0.0236. The zero-order valence-electron chi connectivity index (χ0n) is 10.1. The second-order valence-electron chi connectivity index (χ2n) is 4.08. The Morgan fingerprint density at radius 3 is 2.53 bits per heavy atom. The zero-order chi connectivity index (χ0) is 13.1. The molecule has 2 nitrogen and oxygen atoms in total. The maximum atomic E-state index is 12.4. The van der Waals surface area contributed by atoms with Crippen molar-refractivity contribution in [2.75, 3.05) is 0 Å². The van der Waals surface area contributed by atoms with Gasteiger partial charge in [-0.1, -0.05) is 42.5 Å². The zero-order valence-corrected chi connectivity index (χ0v) is 10.9. The molecule has 0 saturated carbocycles. The van der Waals surface area contributed by atoms with E-state index in [0.29, 0.717) is 0 Å². The summed E-state index contributed by atoms with van der Waals surface area (Å²) in [5, 5.41) is 2.81. The van der Waals surface area contributed by atoms with Gasteiger partial charge in [0.1, 0.15) is 5.03 Å². The topological polar surface area (TPSA) is 30.0 Å². The molecule has 1 heterocycles. The van der Waals surface area contributed by atoms with Gasteiger partial charge in [-0.15, -0.1) is 0 Å². The maximum absolute atomic E-state index is 12.4. The summed E-state index contributed by atoms with van der Waals surface area (Å²) in [5.74, 6) is 0. The van der Waals surface area contributed by atoms with Crippen LogP contribution in [0.3, 0.4) is 0 Å². The molecule has 0 N–H and O–H groups in total. The van der Waals surface area contributed by atoms with E-state index in [4.69, 9.17) is 0 Å². The van der Waals surface area contributed by atoms with Crippen LogP contribution in [0.2, 0.25) is 0 Å². The summed E-state index contributed by atoms with van der Waals surface area (Å²) < 4.78 is 0. The Labute approximate surface area is 115 Å². The quantitative estimate of drug-likeness (QED) is 0.651. The number of pyridine rings is 1. The minimum Gasteiger partial charge on any atom is -0.281 e. The predicted octanol–water partition coefficient (Wildman–Crippen LogP) is 4.17. The molecule has 0 aliphatic heterocycles. The third-order valence-electron chi connectivity index (χ3n) is 2.84. The van der Waals surface area contributed by atoms with E-state index in [-0.39, 0.29) is 5.12 Å². The van der Waals surface area contributed by atoms with E-state index in [1.54, 1.807) is 6.20 Å². The Bertz CT molecular complexity index is 720. The highest BCUT2D eigenvalue weighted by Gasteiger charge is 2.11. The molecule has 3 aromatic rings. The number of carbonyl (C=O) groups is 1. The predicted molar refractivity (Wildman–Crippen MR) is 78.4 cm³/mol. The molecular weight excluding hydrogens is 254 g/mol. The van der Waals surface area contributed by atoms with Crippen LogP contribution >= 0.6 is 11.8 Å². The first kappa shape index (κ1) is 11.9. The molecule has 0 atom stereocenters. The molecule has 0 radical (unpaired) electrons. The number of hydrogen-bond acceptors (Lipinski definition) is 3. The van der Waals surface area contributed by atoms with Gasteiger partial charge in [0.25, 0.3) is 0 Å². The van der Waals surface area contributed by atoms with Crippen molar-refractivity contribution in [1.29, 1.82) is 0 Å². The molecule has 0 aliphatic rings. The second kappa shape index (κ2) is 5.24. The van der Waals surface area contributed by atoms with Gasteiger partial charge in [0.2, 0.25) is 5.12 Å². The van der Waals surface area contributed by atoms with Crippen LogP contribution in [0, 0.1) is 0 Å². The van der Waals surface area contributed by atoms with Gasteiger partial charge in [-0.2, -0.15) is 0 Å². The molecule has 92 valence electrons. The summed E-state index contributed by atoms with van der Waals surface area (Å²) in [6.07, 6.45) is 1.69. The molecule has 0 fully saturated rings. The number of carbonyl (C=O) groups excluding carboxylic acids is 1. The van der Waals surface area contributed by atoms with Crippen molar-refractivity contribution in [2.45, 2.75) is 5.03 Å². The lowest BCUT2D eigenvalue weighted by atomic mass is 10.1. The van der Waals surface area contributed by atoms with Crippen molar-refractivity contribution in [3.05, 3.63) is 72.4 Å². The van der Waals surface area contributed by atoms with Crippen molar-refractivity contribution in [3.63, 3.8) is 0 Å². The van der Waals surface area contributed by atoms with E-state index in [1.165, 1.54) is 0 Å². The van der Waals surface area contributed by atoms with Crippen LogP contribution in [0.1, 0.15) is 10.4 Å². The first-order chi connectivity index (χ1) is 9.34. The SMILES string of the molecule is O=C(Sc1ccccn1)c1cccc2ccccc12.